The molecular formula is C41H42N4O9S2. The number of benzene rings is 3. The zero-order valence-electron chi connectivity index (χ0n) is 31.6. The van der Waals surface area contributed by atoms with E-state index in [1.165, 1.54) is 28.9 Å². The molecule has 0 bridgehead atoms. The van der Waals surface area contributed by atoms with Gasteiger partial charge in [0, 0.05) is 35.8 Å². The Bertz CT molecular complexity index is 2240. The maximum Gasteiger partial charge on any atom is 0.360 e. The number of ether oxygens (including phenoxy) is 5. The van der Waals surface area contributed by atoms with Gasteiger partial charge in [0.1, 0.15) is 36.6 Å². The molecule has 15 heteroatoms. The number of hydrogen-bond donors (Lipinski definition) is 1. The molecule has 0 unspecified atom stereocenters. The largest absolute Gasteiger partial charge is 0.504 e. The van der Waals surface area contributed by atoms with Crippen molar-refractivity contribution in [2.75, 3.05) is 40.6 Å². The minimum absolute atomic E-state index is 0.0173. The van der Waals surface area contributed by atoms with Gasteiger partial charge in [-0.25, -0.2) is 24.5 Å². The zero-order valence-corrected chi connectivity index (χ0v) is 33.3. The molecule has 13 nitrogen and oxygen atoms in total. The minimum atomic E-state index is -0.633. The number of aromatic hydroxyl groups is 1. The second-order valence-electron chi connectivity index (χ2n) is 11.8. The van der Waals surface area contributed by atoms with Crippen LogP contribution in [0, 0.1) is 0 Å². The van der Waals surface area contributed by atoms with Gasteiger partial charge in [-0.05, 0) is 26.8 Å². The molecule has 3 heterocycles. The Kier molecular flexibility index (Phi) is 14.8. The standard InChI is InChI=1S/C26H30N2O6S.C15H12N2O3S/c1-5-33-23(29)17-28(15-19-12-13-20(31-3)14-22(19)32-4)16-21-24(26(30)34-6-2)35-25(27-21)18-10-8-7-9-11-18;1-2-20-15(19)11-12(18)13-10(8-16-11)17-14(21-13)9-6-4-3-5-7-9/h7-14H,5-6,15-17H2,1-4H3;3-8,18H,2H2,1H3. The van der Waals surface area contributed by atoms with Crippen LogP contribution in [0.15, 0.2) is 85.1 Å². The highest BCUT2D eigenvalue weighted by Crippen LogP contribution is 2.37. The fourth-order valence-corrected chi connectivity index (χ4v) is 7.41. The number of methoxy groups -OCH3 is 2. The van der Waals surface area contributed by atoms with Crippen LogP contribution in [0.4, 0.5) is 0 Å². The summed E-state index contributed by atoms with van der Waals surface area (Å²) in [4.78, 5) is 52.3. The first kappa shape index (κ1) is 41.3. The second kappa shape index (κ2) is 20.1. The number of fused-ring (bicyclic) bond motifs is 1. The van der Waals surface area contributed by atoms with Gasteiger partial charge in [-0.1, -0.05) is 66.7 Å². The summed E-state index contributed by atoms with van der Waals surface area (Å²) in [6, 6.07) is 24.8. The maximum atomic E-state index is 12.7. The molecule has 3 aromatic heterocycles. The molecule has 1 N–H and O–H groups in total. The normalized spacial score (nSPS) is 10.8. The van der Waals surface area contributed by atoms with Crippen molar-refractivity contribution in [2.45, 2.75) is 33.9 Å². The number of aromatic nitrogens is 3. The monoisotopic (exact) mass is 798 g/mol. The van der Waals surface area contributed by atoms with Crippen LogP contribution in [-0.2, 0) is 32.1 Å². The summed E-state index contributed by atoms with van der Waals surface area (Å²) in [6.07, 6.45) is 1.48. The average molecular weight is 799 g/mol. The molecule has 0 aliphatic carbocycles. The number of esters is 3. The molecule has 0 fully saturated rings. The van der Waals surface area contributed by atoms with Gasteiger partial charge in [0.25, 0.3) is 0 Å². The topological polar surface area (TPSA) is 160 Å². The van der Waals surface area contributed by atoms with Gasteiger partial charge in [0.05, 0.1) is 52.5 Å². The van der Waals surface area contributed by atoms with Crippen molar-refractivity contribution in [3.63, 3.8) is 0 Å². The summed E-state index contributed by atoms with van der Waals surface area (Å²) < 4.78 is 26.7. The van der Waals surface area contributed by atoms with E-state index in [0.29, 0.717) is 43.8 Å². The number of thiazole rings is 2. The first-order chi connectivity index (χ1) is 27.2. The Morgan fingerprint density at radius 1 is 0.732 bits per heavy atom. The van der Waals surface area contributed by atoms with Crippen molar-refractivity contribution < 1.29 is 43.2 Å². The van der Waals surface area contributed by atoms with E-state index in [1.54, 1.807) is 41.1 Å². The highest BCUT2D eigenvalue weighted by atomic mass is 32.1. The zero-order chi connectivity index (χ0) is 40.0. The van der Waals surface area contributed by atoms with Crippen molar-refractivity contribution in [3.05, 3.63) is 107 Å². The van der Waals surface area contributed by atoms with E-state index in [1.807, 2.05) is 77.7 Å². The highest BCUT2D eigenvalue weighted by Gasteiger charge is 2.24. The fraction of sp³-hybridized carbons (Fsp3) is 0.268. The maximum absolute atomic E-state index is 12.7. The lowest BCUT2D eigenvalue weighted by Gasteiger charge is -2.22. The molecule has 0 saturated carbocycles. The van der Waals surface area contributed by atoms with Crippen LogP contribution < -0.4 is 9.47 Å². The molecule has 0 spiro atoms. The summed E-state index contributed by atoms with van der Waals surface area (Å²) in [6.45, 7) is 6.62. The van der Waals surface area contributed by atoms with E-state index in [2.05, 4.69) is 9.97 Å². The predicted octanol–water partition coefficient (Wildman–Crippen LogP) is 7.81. The smallest absolute Gasteiger partial charge is 0.360 e. The molecule has 0 radical (unpaired) electrons. The van der Waals surface area contributed by atoms with Crippen molar-refractivity contribution >= 4 is 50.8 Å². The van der Waals surface area contributed by atoms with Crippen LogP contribution in [0.1, 0.15) is 52.2 Å². The van der Waals surface area contributed by atoms with E-state index < -0.39 is 11.9 Å². The number of rotatable bonds is 15. The highest BCUT2D eigenvalue weighted by molar-refractivity contribution is 7.22. The lowest BCUT2D eigenvalue weighted by atomic mass is 10.1. The third-order valence-electron chi connectivity index (χ3n) is 8.00. The Labute approximate surface area is 332 Å². The second-order valence-corrected chi connectivity index (χ2v) is 13.8. The Morgan fingerprint density at radius 2 is 1.36 bits per heavy atom. The molecule has 292 valence electrons. The minimum Gasteiger partial charge on any atom is -0.504 e. The number of carbonyl (C=O) groups excluding carboxylic acids is 3. The lowest BCUT2D eigenvalue weighted by Crippen LogP contribution is -2.31. The Balaban J connectivity index is 0.000000242. The summed E-state index contributed by atoms with van der Waals surface area (Å²) in [5, 5.41) is 11.7. The van der Waals surface area contributed by atoms with Gasteiger partial charge in [-0.3, -0.25) is 9.69 Å². The molecule has 3 aromatic carbocycles. The summed E-state index contributed by atoms with van der Waals surface area (Å²) >= 11 is 2.60. The molecule has 0 amide bonds. The summed E-state index contributed by atoms with van der Waals surface area (Å²) in [7, 11) is 3.17. The third-order valence-corrected chi connectivity index (χ3v) is 10.3. The van der Waals surface area contributed by atoms with Gasteiger partial charge >= 0.3 is 17.9 Å². The van der Waals surface area contributed by atoms with Crippen LogP contribution in [0.5, 0.6) is 17.2 Å². The molecule has 0 atom stereocenters. The van der Waals surface area contributed by atoms with Gasteiger partial charge in [-0.2, -0.15) is 0 Å². The lowest BCUT2D eigenvalue weighted by molar-refractivity contribution is -0.144. The van der Waals surface area contributed by atoms with E-state index in [9.17, 15) is 19.5 Å². The number of pyridine rings is 1. The first-order valence-electron chi connectivity index (χ1n) is 17.7. The molecule has 56 heavy (non-hydrogen) atoms. The SMILES string of the molecule is CCOC(=O)CN(Cc1ccc(OC)cc1OC)Cc1nc(-c2ccccc2)sc1C(=O)OCC.CCOC(=O)c1ncc2nc(-c3ccccc3)sc2c1O. The average Bonchev–Trinajstić information content (AvgIpc) is 3.85. The molecule has 6 rings (SSSR count). The number of nitrogens with zero attached hydrogens (tertiary/aromatic N) is 4. The van der Waals surface area contributed by atoms with Crippen LogP contribution in [0.2, 0.25) is 0 Å². The van der Waals surface area contributed by atoms with E-state index in [4.69, 9.17) is 28.7 Å². The van der Waals surface area contributed by atoms with E-state index in [-0.39, 0.29) is 50.3 Å². The van der Waals surface area contributed by atoms with Crippen LogP contribution in [0.25, 0.3) is 31.4 Å². The molecule has 0 aliphatic heterocycles. The van der Waals surface area contributed by atoms with Crippen LogP contribution in [-0.4, -0.2) is 83.5 Å². The van der Waals surface area contributed by atoms with Crippen molar-refractivity contribution in [3.8, 4) is 38.4 Å². The quantitative estimate of drug-likeness (QED) is 0.0793. The Hall–Kier alpha value is -5.90. The van der Waals surface area contributed by atoms with E-state index >= 15 is 0 Å². The van der Waals surface area contributed by atoms with Crippen molar-refractivity contribution in [1.29, 1.82) is 0 Å². The van der Waals surface area contributed by atoms with E-state index in [0.717, 1.165) is 21.7 Å². The van der Waals surface area contributed by atoms with Gasteiger partial charge in [-0.15, -0.1) is 22.7 Å². The fourth-order valence-electron chi connectivity index (χ4n) is 5.45. The van der Waals surface area contributed by atoms with Gasteiger partial charge in [0.2, 0.25) is 0 Å². The first-order valence-corrected chi connectivity index (χ1v) is 19.3. The van der Waals surface area contributed by atoms with Crippen molar-refractivity contribution in [1.82, 2.24) is 19.9 Å². The molecule has 6 aromatic rings. The van der Waals surface area contributed by atoms with Crippen LogP contribution in [0.3, 0.4) is 0 Å². The van der Waals surface area contributed by atoms with Gasteiger partial charge in [0.15, 0.2) is 11.4 Å². The molecule has 0 saturated heterocycles. The number of hydrogen-bond acceptors (Lipinski definition) is 15. The summed E-state index contributed by atoms with van der Waals surface area (Å²) in [5.41, 5.74) is 3.74. The Morgan fingerprint density at radius 3 is 1.96 bits per heavy atom. The molecule has 0 aliphatic rings. The molecular weight excluding hydrogens is 757 g/mol. The van der Waals surface area contributed by atoms with Crippen molar-refractivity contribution in [2.24, 2.45) is 0 Å². The predicted molar refractivity (Wildman–Crippen MR) is 214 cm³/mol. The van der Waals surface area contributed by atoms with Crippen LogP contribution >= 0.6 is 22.7 Å². The summed E-state index contributed by atoms with van der Waals surface area (Å²) in [5.74, 6) is -0.306. The number of carbonyl (C=O) groups is 3. The van der Waals surface area contributed by atoms with Gasteiger partial charge < -0.3 is 28.8 Å². The third kappa shape index (κ3) is 10.4.